The van der Waals surface area contributed by atoms with E-state index in [0.717, 1.165) is 11.1 Å². The number of hydrogen-bond donors (Lipinski definition) is 0. The molecule has 15 heavy (non-hydrogen) atoms. The first-order chi connectivity index (χ1) is 7.16. The lowest BCUT2D eigenvalue weighted by Crippen LogP contribution is -2.18. The van der Waals surface area contributed by atoms with Gasteiger partial charge in [0, 0.05) is 17.4 Å². The van der Waals surface area contributed by atoms with Gasteiger partial charge in [0.2, 0.25) is 0 Å². The Morgan fingerprint density at radius 1 is 1.33 bits per heavy atom. The largest absolute Gasteiger partial charge is 0.294 e. The minimum absolute atomic E-state index is 0.0832. The average Bonchev–Trinajstić information content (AvgIpc) is 2.52. The van der Waals surface area contributed by atoms with Crippen molar-refractivity contribution in [1.29, 1.82) is 0 Å². The van der Waals surface area contributed by atoms with E-state index in [1.807, 2.05) is 30.3 Å². The van der Waals surface area contributed by atoms with Gasteiger partial charge >= 0.3 is 0 Å². The van der Waals surface area contributed by atoms with Crippen LogP contribution in [0.4, 0.5) is 0 Å². The van der Waals surface area contributed by atoms with Crippen molar-refractivity contribution in [2.45, 2.75) is 19.8 Å². The molecular weight excluding hydrogens is 184 g/mol. The highest BCUT2D eigenvalue weighted by Gasteiger charge is 2.39. The van der Waals surface area contributed by atoms with E-state index >= 15 is 0 Å². The minimum Gasteiger partial charge on any atom is -0.294 e. The smallest absolute Gasteiger partial charge is 0.167 e. The lowest BCUT2D eigenvalue weighted by Gasteiger charge is -2.18. The molecule has 1 heteroatoms. The molecule has 0 N–H and O–H groups in total. The number of benzene rings is 1. The van der Waals surface area contributed by atoms with Crippen LogP contribution in [0.15, 0.2) is 36.9 Å². The Balaban J connectivity index is 2.53. The average molecular weight is 200 g/mol. The summed E-state index contributed by atoms with van der Waals surface area (Å²) >= 11 is 0. The molecule has 1 aliphatic rings. The zero-order valence-corrected chi connectivity index (χ0v) is 9.23. The van der Waals surface area contributed by atoms with E-state index in [-0.39, 0.29) is 17.6 Å². The van der Waals surface area contributed by atoms with Crippen LogP contribution in [-0.4, -0.2) is 5.78 Å². The first-order valence-corrected chi connectivity index (χ1v) is 5.42. The van der Waals surface area contributed by atoms with Crippen molar-refractivity contribution >= 4 is 5.78 Å². The van der Waals surface area contributed by atoms with Crippen LogP contribution in [-0.2, 0) is 0 Å². The molecule has 1 aliphatic carbocycles. The number of carbonyl (C=O) groups is 1. The van der Waals surface area contributed by atoms with E-state index in [9.17, 15) is 4.79 Å². The first-order valence-electron chi connectivity index (χ1n) is 5.42. The Bertz CT molecular complexity index is 404. The van der Waals surface area contributed by atoms with Crippen LogP contribution in [0, 0.1) is 11.8 Å². The molecule has 0 aromatic heterocycles. The van der Waals surface area contributed by atoms with E-state index in [1.54, 1.807) is 0 Å². The second-order valence-electron chi connectivity index (χ2n) is 4.48. The van der Waals surface area contributed by atoms with Crippen LogP contribution >= 0.6 is 0 Å². The molecule has 0 fully saturated rings. The van der Waals surface area contributed by atoms with Crippen molar-refractivity contribution < 1.29 is 4.79 Å². The van der Waals surface area contributed by atoms with Crippen molar-refractivity contribution in [2.75, 3.05) is 0 Å². The summed E-state index contributed by atoms with van der Waals surface area (Å²) in [5, 5.41) is 0. The summed E-state index contributed by atoms with van der Waals surface area (Å²) in [5.41, 5.74) is 2.04. The van der Waals surface area contributed by atoms with E-state index in [4.69, 9.17) is 0 Å². The van der Waals surface area contributed by atoms with Crippen molar-refractivity contribution in [3.8, 4) is 0 Å². The maximum absolute atomic E-state index is 12.2. The molecule has 0 unspecified atom stereocenters. The summed E-state index contributed by atoms with van der Waals surface area (Å²) in [7, 11) is 0. The highest BCUT2D eigenvalue weighted by atomic mass is 16.1. The third-order valence-electron chi connectivity index (χ3n) is 3.25. The van der Waals surface area contributed by atoms with Gasteiger partial charge in [-0.05, 0) is 11.5 Å². The summed E-state index contributed by atoms with van der Waals surface area (Å²) in [5.74, 6) is 0.937. The first kappa shape index (κ1) is 10.2. The SMILES string of the molecule is C=C[C@@H]1c2ccccc2C(=O)[C@H]1C(C)C. The Morgan fingerprint density at radius 2 is 2.00 bits per heavy atom. The summed E-state index contributed by atoms with van der Waals surface area (Å²) in [6.07, 6.45) is 1.91. The number of Topliss-reactive ketones (excluding diaryl/α,β-unsaturated/α-hetero) is 1. The standard InChI is InChI=1S/C14H16O/c1-4-10-11-7-5-6-8-12(11)14(15)13(10)9(2)3/h4-10,13H,1H2,2-3H3/t10-,13+/m1/s1. The van der Waals surface area contributed by atoms with Gasteiger partial charge in [0.25, 0.3) is 0 Å². The molecule has 0 radical (unpaired) electrons. The highest BCUT2D eigenvalue weighted by Crippen LogP contribution is 2.41. The lowest BCUT2D eigenvalue weighted by atomic mass is 9.84. The number of carbonyl (C=O) groups excluding carboxylic acids is 1. The molecule has 0 amide bonds. The zero-order valence-electron chi connectivity index (χ0n) is 9.23. The number of fused-ring (bicyclic) bond motifs is 1. The molecular formula is C14H16O. The number of hydrogen-bond acceptors (Lipinski definition) is 1. The van der Waals surface area contributed by atoms with Gasteiger partial charge in [-0.15, -0.1) is 6.58 Å². The van der Waals surface area contributed by atoms with E-state index in [2.05, 4.69) is 20.4 Å². The van der Waals surface area contributed by atoms with E-state index in [1.165, 1.54) is 0 Å². The molecule has 0 saturated heterocycles. The molecule has 0 aliphatic heterocycles. The van der Waals surface area contributed by atoms with Crippen LogP contribution in [0.3, 0.4) is 0 Å². The molecule has 1 aromatic rings. The molecule has 2 rings (SSSR count). The Kier molecular flexibility index (Phi) is 2.47. The number of rotatable bonds is 2. The summed E-state index contributed by atoms with van der Waals surface area (Å²) in [4.78, 5) is 12.2. The Hall–Kier alpha value is -1.37. The highest BCUT2D eigenvalue weighted by molar-refractivity contribution is 6.03. The van der Waals surface area contributed by atoms with Crippen molar-refractivity contribution in [3.63, 3.8) is 0 Å². The zero-order chi connectivity index (χ0) is 11.0. The monoisotopic (exact) mass is 200 g/mol. The van der Waals surface area contributed by atoms with Gasteiger partial charge in [-0.2, -0.15) is 0 Å². The number of allylic oxidation sites excluding steroid dienone is 1. The number of ketones is 1. The maximum atomic E-state index is 12.2. The Morgan fingerprint density at radius 3 is 2.60 bits per heavy atom. The predicted octanol–water partition coefficient (Wildman–Crippen LogP) is 3.42. The van der Waals surface area contributed by atoms with Gasteiger partial charge in [-0.25, -0.2) is 0 Å². The minimum atomic E-state index is 0.0832. The third kappa shape index (κ3) is 1.43. The Labute approximate surface area is 90.8 Å². The molecule has 1 aromatic carbocycles. The van der Waals surface area contributed by atoms with Crippen LogP contribution in [0.1, 0.15) is 35.7 Å². The second kappa shape index (κ2) is 3.65. The van der Waals surface area contributed by atoms with E-state index < -0.39 is 0 Å². The molecule has 0 heterocycles. The van der Waals surface area contributed by atoms with Gasteiger partial charge in [0.1, 0.15) is 0 Å². The summed E-state index contributed by atoms with van der Waals surface area (Å²) in [6, 6.07) is 7.89. The molecule has 78 valence electrons. The fourth-order valence-electron chi connectivity index (χ4n) is 2.54. The fraction of sp³-hybridized carbons (Fsp3) is 0.357. The second-order valence-corrected chi connectivity index (χ2v) is 4.48. The van der Waals surface area contributed by atoms with Gasteiger partial charge < -0.3 is 0 Å². The van der Waals surface area contributed by atoms with Crippen LogP contribution in [0.5, 0.6) is 0 Å². The van der Waals surface area contributed by atoms with E-state index in [0.29, 0.717) is 5.92 Å². The van der Waals surface area contributed by atoms with Crippen LogP contribution in [0.2, 0.25) is 0 Å². The molecule has 0 bridgehead atoms. The third-order valence-corrected chi connectivity index (χ3v) is 3.25. The summed E-state index contributed by atoms with van der Waals surface area (Å²) in [6.45, 7) is 8.06. The maximum Gasteiger partial charge on any atom is 0.167 e. The molecule has 2 atom stereocenters. The van der Waals surface area contributed by atoms with Gasteiger partial charge in [-0.1, -0.05) is 44.2 Å². The normalized spacial score (nSPS) is 24.3. The van der Waals surface area contributed by atoms with Crippen molar-refractivity contribution in [3.05, 3.63) is 48.0 Å². The summed E-state index contributed by atoms with van der Waals surface area (Å²) < 4.78 is 0. The molecule has 1 nitrogen and oxygen atoms in total. The fourth-order valence-corrected chi connectivity index (χ4v) is 2.54. The quantitative estimate of drug-likeness (QED) is 0.668. The van der Waals surface area contributed by atoms with Crippen LogP contribution in [0.25, 0.3) is 0 Å². The van der Waals surface area contributed by atoms with Gasteiger partial charge in [-0.3, -0.25) is 4.79 Å². The van der Waals surface area contributed by atoms with Gasteiger partial charge in [0.05, 0.1) is 0 Å². The van der Waals surface area contributed by atoms with Crippen molar-refractivity contribution in [2.24, 2.45) is 11.8 Å². The van der Waals surface area contributed by atoms with Crippen molar-refractivity contribution in [1.82, 2.24) is 0 Å². The lowest BCUT2D eigenvalue weighted by molar-refractivity contribution is 0.0897. The van der Waals surface area contributed by atoms with Gasteiger partial charge in [0.15, 0.2) is 5.78 Å². The predicted molar refractivity (Wildman–Crippen MR) is 62.0 cm³/mol. The molecule has 0 spiro atoms. The molecule has 0 saturated carbocycles. The topological polar surface area (TPSA) is 17.1 Å². The van der Waals surface area contributed by atoms with Crippen LogP contribution < -0.4 is 0 Å².